The van der Waals surface area contributed by atoms with Gasteiger partial charge in [0.2, 0.25) is 10.0 Å². The van der Waals surface area contributed by atoms with E-state index in [1.807, 2.05) is 18.2 Å². The maximum atomic E-state index is 10.9. The van der Waals surface area contributed by atoms with E-state index < -0.39 is 10.0 Å². The zero-order chi connectivity index (χ0) is 14.4. The number of benzene rings is 1. The van der Waals surface area contributed by atoms with Crippen molar-refractivity contribution in [3.8, 4) is 11.5 Å². The molecule has 2 rings (SSSR count). The van der Waals surface area contributed by atoms with Crippen LogP contribution >= 0.6 is 0 Å². The molecular weight excluding hydrogens is 280 g/mol. The summed E-state index contributed by atoms with van der Waals surface area (Å²) in [6, 6.07) is 5.84. The van der Waals surface area contributed by atoms with Crippen molar-refractivity contribution in [3.63, 3.8) is 0 Å². The van der Waals surface area contributed by atoms with Gasteiger partial charge in [0.1, 0.15) is 0 Å². The number of hydrogen-bond donors (Lipinski definition) is 2. The second-order valence-corrected chi connectivity index (χ2v) is 6.51. The van der Waals surface area contributed by atoms with Gasteiger partial charge in [-0.2, -0.15) is 0 Å². The van der Waals surface area contributed by atoms with Crippen LogP contribution in [0.4, 0.5) is 0 Å². The number of rotatable bonds is 6. The number of nitrogens with one attached hydrogen (secondary N) is 2. The molecule has 0 bridgehead atoms. The van der Waals surface area contributed by atoms with Crippen molar-refractivity contribution in [2.75, 3.05) is 32.6 Å². The SMILES string of the molecule is CS(=O)(=O)NCCNCc1ccc2c(c1)OCCCO2. The van der Waals surface area contributed by atoms with Crippen molar-refractivity contribution in [3.05, 3.63) is 23.8 Å². The minimum atomic E-state index is -3.11. The molecule has 0 saturated heterocycles. The third-order valence-electron chi connectivity index (χ3n) is 2.81. The molecule has 0 atom stereocenters. The first kappa shape index (κ1) is 15.1. The van der Waals surface area contributed by atoms with E-state index in [1.165, 1.54) is 0 Å². The van der Waals surface area contributed by atoms with Crippen molar-refractivity contribution in [2.24, 2.45) is 0 Å². The Morgan fingerprint density at radius 2 is 1.90 bits per heavy atom. The van der Waals surface area contributed by atoms with Crippen molar-refractivity contribution < 1.29 is 17.9 Å². The lowest BCUT2D eigenvalue weighted by Gasteiger charge is -2.10. The molecule has 20 heavy (non-hydrogen) atoms. The minimum absolute atomic E-state index is 0.378. The summed E-state index contributed by atoms with van der Waals surface area (Å²) in [5.41, 5.74) is 1.08. The lowest BCUT2D eigenvalue weighted by Crippen LogP contribution is -2.30. The topological polar surface area (TPSA) is 76.7 Å². The zero-order valence-electron chi connectivity index (χ0n) is 11.5. The maximum absolute atomic E-state index is 10.9. The average molecular weight is 300 g/mol. The highest BCUT2D eigenvalue weighted by atomic mass is 32.2. The molecule has 1 heterocycles. The lowest BCUT2D eigenvalue weighted by molar-refractivity contribution is 0.297. The van der Waals surface area contributed by atoms with Crippen LogP contribution in [0, 0.1) is 0 Å². The Kier molecular flexibility index (Phi) is 5.22. The summed E-state index contributed by atoms with van der Waals surface area (Å²) in [6.07, 6.45) is 2.04. The standard InChI is InChI=1S/C13H20N2O4S/c1-20(16,17)15-6-5-14-10-11-3-4-12-13(9-11)19-8-2-7-18-12/h3-4,9,14-15H,2,5-8,10H2,1H3. The number of hydrogen-bond acceptors (Lipinski definition) is 5. The summed E-state index contributed by atoms with van der Waals surface area (Å²) in [5, 5.41) is 3.17. The summed E-state index contributed by atoms with van der Waals surface area (Å²) in [6.45, 7) is 2.96. The van der Waals surface area contributed by atoms with Gasteiger partial charge in [-0.15, -0.1) is 0 Å². The molecular formula is C13H20N2O4S. The Morgan fingerprint density at radius 3 is 2.65 bits per heavy atom. The van der Waals surface area contributed by atoms with E-state index in [-0.39, 0.29) is 0 Å². The van der Waals surface area contributed by atoms with Crippen molar-refractivity contribution in [2.45, 2.75) is 13.0 Å². The van der Waals surface area contributed by atoms with Crippen molar-refractivity contribution in [1.82, 2.24) is 10.0 Å². The van der Waals surface area contributed by atoms with Crippen LogP contribution in [0.15, 0.2) is 18.2 Å². The average Bonchev–Trinajstić information content (AvgIpc) is 2.61. The lowest BCUT2D eigenvalue weighted by atomic mass is 10.2. The Bertz CT molecular complexity index is 545. The molecule has 7 heteroatoms. The van der Waals surface area contributed by atoms with Crippen LogP contribution in [0.3, 0.4) is 0 Å². The van der Waals surface area contributed by atoms with E-state index in [1.54, 1.807) is 0 Å². The predicted octanol–water partition coefficient (Wildman–Crippen LogP) is 0.487. The fourth-order valence-electron chi connectivity index (χ4n) is 1.88. The Balaban J connectivity index is 1.80. The molecule has 0 spiro atoms. The predicted molar refractivity (Wildman–Crippen MR) is 76.6 cm³/mol. The highest BCUT2D eigenvalue weighted by Gasteiger charge is 2.10. The van der Waals surface area contributed by atoms with Gasteiger partial charge in [-0.1, -0.05) is 6.07 Å². The summed E-state index contributed by atoms with van der Waals surface area (Å²) in [5.74, 6) is 1.56. The molecule has 2 N–H and O–H groups in total. The molecule has 1 aliphatic heterocycles. The van der Waals surface area contributed by atoms with Crippen LogP contribution < -0.4 is 19.5 Å². The number of sulfonamides is 1. The molecule has 1 aromatic rings. The summed E-state index contributed by atoms with van der Waals surface area (Å²) in [4.78, 5) is 0. The van der Waals surface area contributed by atoms with Crippen molar-refractivity contribution >= 4 is 10.0 Å². The van der Waals surface area contributed by atoms with Crippen LogP contribution in [0.1, 0.15) is 12.0 Å². The Morgan fingerprint density at radius 1 is 1.15 bits per heavy atom. The van der Waals surface area contributed by atoms with E-state index in [9.17, 15) is 8.42 Å². The molecule has 0 amide bonds. The maximum Gasteiger partial charge on any atom is 0.208 e. The fourth-order valence-corrected chi connectivity index (χ4v) is 2.35. The highest BCUT2D eigenvalue weighted by Crippen LogP contribution is 2.30. The van der Waals surface area contributed by atoms with Crippen LogP contribution in [0.25, 0.3) is 0 Å². The van der Waals surface area contributed by atoms with E-state index >= 15 is 0 Å². The monoisotopic (exact) mass is 300 g/mol. The third kappa shape index (κ3) is 4.99. The Hall–Kier alpha value is -1.31. The molecule has 0 aliphatic carbocycles. The fraction of sp³-hybridized carbons (Fsp3) is 0.538. The molecule has 6 nitrogen and oxygen atoms in total. The molecule has 0 unspecified atom stereocenters. The van der Waals surface area contributed by atoms with E-state index in [4.69, 9.17) is 9.47 Å². The van der Waals surface area contributed by atoms with Gasteiger partial charge < -0.3 is 14.8 Å². The van der Waals surface area contributed by atoms with E-state index in [0.29, 0.717) is 32.8 Å². The van der Waals surface area contributed by atoms with Gasteiger partial charge in [0.05, 0.1) is 19.5 Å². The number of ether oxygens (including phenoxy) is 2. The minimum Gasteiger partial charge on any atom is -0.490 e. The second-order valence-electron chi connectivity index (χ2n) is 4.67. The third-order valence-corrected chi connectivity index (χ3v) is 3.54. The molecule has 0 fully saturated rings. The van der Waals surface area contributed by atoms with Gasteiger partial charge in [-0.05, 0) is 17.7 Å². The quantitative estimate of drug-likeness (QED) is 0.748. The molecule has 0 saturated carbocycles. The smallest absolute Gasteiger partial charge is 0.208 e. The van der Waals surface area contributed by atoms with Crippen LogP contribution in [0.5, 0.6) is 11.5 Å². The van der Waals surface area contributed by atoms with E-state index in [2.05, 4.69) is 10.0 Å². The Labute approximate surface area is 119 Å². The molecule has 112 valence electrons. The van der Waals surface area contributed by atoms with Gasteiger partial charge in [0, 0.05) is 26.1 Å². The first-order valence-corrected chi connectivity index (χ1v) is 8.47. The highest BCUT2D eigenvalue weighted by molar-refractivity contribution is 7.88. The van der Waals surface area contributed by atoms with Gasteiger partial charge >= 0.3 is 0 Å². The van der Waals surface area contributed by atoms with Crippen LogP contribution in [-0.2, 0) is 16.6 Å². The molecule has 0 radical (unpaired) electrons. The first-order valence-electron chi connectivity index (χ1n) is 6.58. The normalized spacial score (nSPS) is 14.8. The number of fused-ring (bicyclic) bond motifs is 1. The summed E-state index contributed by atoms with van der Waals surface area (Å²) < 4.78 is 35.4. The van der Waals surface area contributed by atoms with E-state index in [0.717, 1.165) is 29.7 Å². The van der Waals surface area contributed by atoms with Crippen LogP contribution in [-0.4, -0.2) is 41.0 Å². The van der Waals surface area contributed by atoms with Gasteiger partial charge in [-0.3, -0.25) is 0 Å². The van der Waals surface area contributed by atoms with Gasteiger partial charge in [0.25, 0.3) is 0 Å². The van der Waals surface area contributed by atoms with Gasteiger partial charge in [0.15, 0.2) is 11.5 Å². The zero-order valence-corrected chi connectivity index (χ0v) is 12.3. The molecule has 1 aliphatic rings. The van der Waals surface area contributed by atoms with Gasteiger partial charge in [-0.25, -0.2) is 13.1 Å². The van der Waals surface area contributed by atoms with Crippen LogP contribution in [0.2, 0.25) is 0 Å². The largest absolute Gasteiger partial charge is 0.490 e. The summed E-state index contributed by atoms with van der Waals surface area (Å²) in [7, 11) is -3.11. The molecule has 0 aromatic heterocycles. The summed E-state index contributed by atoms with van der Waals surface area (Å²) >= 11 is 0. The van der Waals surface area contributed by atoms with Crippen molar-refractivity contribution in [1.29, 1.82) is 0 Å². The molecule has 1 aromatic carbocycles. The first-order chi connectivity index (χ1) is 9.54. The second kappa shape index (κ2) is 6.92.